The van der Waals surface area contributed by atoms with E-state index in [0.717, 1.165) is 0 Å². The van der Waals surface area contributed by atoms with Crippen LogP contribution in [0, 0.1) is 0 Å². The molecule has 0 saturated heterocycles. The maximum Gasteiger partial charge on any atom is 0.0816 e. The minimum Gasteiger partial charge on any atom is -0.0985 e. The van der Waals surface area contributed by atoms with Gasteiger partial charge < -0.3 is 0 Å². The standard InChI is InChI=1S/C12H16Si/c1-4-10(3)13-12-8-6-11(5-2)7-9-12/h4-9H,2,13H2,1,3H3. The van der Waals surface area contributed by atoms with E-state index >= 15 is 0 Å². The number of hydrogen-bond acceptors (Lipinski definition) is 0. The van der Waals surface area contributed by atoms with Crippen molar-refractivity contribution in [1.29, 1.82) is 0 Å². The SMILES string of the molecule is C=Cc1ccc([SiH2]C(C)=CC)cc1. The van der Waals surface area contributed by atoms with Crippen molar-refractivity contribution in [2.75, 3.05) is 0 Å². The van der Waals surface area contributed by atoms with Crippen molar-refractivity contribution in [3.63, 3.8) is 0 Å². The predicted octanol–water partition coefficient (Wildman–Crippen LogP) is 2.05. The largest absolute Gasteiger partial charge is 0.0985 e. The highest BCUT2D eigenvalue weighted by molar-refractivity contribution is 6.60. The molecule has 68 valence electrons. The summed E-state index contributed by atoms with van der Waals surface area (Å²) in [4.78, 5) is 0. The van der Waals surface area contributed by atoms with Crippen LogP contribution in [0.4, 0.5) is 0 Å². The zero-order chi connectivity index (χ0) is 9.68. The van der Waals surface area contributed by atoms with Crippen molar-refractivity contribution < 1.29 is 0 Å². The summed E-state index contributed by atoms with van der Waals surface area (Å²) in [6.45, 7) is 8.07. The second kappa shape index (κ2) is 4.82. The van der Waals surface area contributed by atoms with Crippen molar-refractivity contribution in [2.45, 2.75) is 13.8 Å². The third kappa shape index (κ3) is 3.03. The van der Waals surface area contributed by atoms with Crippen LogP contribution in [0.5, 0.6) is 0 Å². The molecule has 0 N–H and O–H groups in total. The van der Waals surface area contributed by atoms with Gasteiger partial charge in [0.15, 0.2) is 0 Å². The molecule has 13 heavy (non-hydrogen) atoms. The van der Waals surface area contributed by atoms with Crippen LogP contribution in [0.2, 0.25) is 0 Å². The van der Waals surface area contributed by atoms with E-state index in [4.69, 9.17) is 0 Å². The van der Waals surface area contributed by atoms with Crippen LogP contribution in [0.3, 0.4) is 0 Å². The summed E-state index contributed by atoms with van der Waals surface area (Å²) in [5.74, 6) is 0. The fraction of sp³-hybridized carbons (Fsp3) is 0.167. The number of rotatable bonds is 3. The summed E-state index contributed by atoms with van der Waals surface area (Å²) in [5, 5.41) is 3.05. The lowest BCUT2D eigenvalue weighted by atomic mass is 10.2. The highest BCUT2D eigenvalue weighted by Gasteiger charge is 1.94. The van der Waals surface area contributed by atoms with Gasteiger partial charge in [0.2, 0.25) is 0 Å². The van der Waals surface area contributed by atoms with Gasteiger partial charge in [-0.05, 0) is 19.4 Å². The average molecular weight is 188 g/mol. The Morgan fingerprint density at radius 1 is 1.31 bits per heavy atom. The van der Waals surface area contributed by atoms with Crippen LogP contribution in [0.1, 0.15) is 19.4 Å². The summed E-state index contributed by atoms with van der Waals surface area (Å²) in [7, 11) is -0.184. The van der Waals surface area contributed by atoms with Crippen LogP contribution >= 0.6 is 0 Å². The molecular formula is C12H16Si. The fourth-order valence-corrected chi connectivity index (χ4v) is 2.52. The Bertz CT molecular complexity index is 306. The van der Waals surface area contributed by atoms with E-state index < -0.39 is 0 Å². The lowest BCUT2D eigenvalue weighted by Crippen LogP contribution is -2.14. The summed E-state index contributed by atoms with van der Waals surface area (Å²) in [6, 6.07) is 8.71. The van der Waals surface area contributed by atoms with Gasteiger partial charge in [-0.15, -0.1) is 0 Å². The van der Waals surface area contributed by atoms with Gasteiger partial charge in [0, 0.05) is 0 Å². The molecule has 0 heterocycles. The van der Waals surface area contributed by atoms with E-state index in [2.05, 4.69) is 50.8 Å². The normalized spacial score (nSPS) is 12.3. The number of benzene rings is 1. The van der Waals surface area contributed by atoms with Gasteiger partial charge in [0.1, 0.15) is 0 Å². The molecule has 0 radical (unpaired) electrons. The van der Waals surface area contributed by atoms with Gasteiger partial charge in [-0.2, -0.15) is 0 Å². The molecule has 1 rings (SSSR count). The first-order valence-corrected chi connectivity index (χ1v) is 6.01. The van der Waals surface area contributed by atoms with Gasteiger partial charge >= 0.3 is 0 Å². The van der Waals surface area contributed by atoms with Gasteiger partial charge in [0.05, 0.1) is 9.52 Å². The Hall–Kier alpha value is -1.08. The maximum absolute atomic E-state index is 3.74. The van der Waals surface area contributed by atoms with E-state index in [-0.39, 0.29) is 9.52 Å². The van der Waals surface area contributed by atoms with Crippen molar-refractivity contribution in [1.82, 2.24) is 0 Å². The van der Waals surface area contributed by atoms with E-state index in [9.17, 15) is 0 Å². The molecule has 0 aromatic heterocycles. The van der Waals surface area contributed by atoms with Crippen molar-refractivity contribution in [3.05, 3.63) is 47.7 Å². The highest BCUT2D eigenvalue weighted by Crippen LogP contribution is 1.98. The predicted molar refractivity (Wildman–Crippen MR) is 64.1 cm³/mol. The molecule has 1 aromatic carbocycles. The Balaban J connectivity index is 2.75. The van der Waals surface area contributed by atoms with E-state index in [1.807, 2.05) is 6.08 Å². The lowest BCUT2D eigenvalue weighted by Gasteiger charge is -2.00. The molecule has 0 amide bonds. The zero-order valence-corrected chi connectivity index (χ0v) is 9.79. The molecule has 0 aliphatic heterocycles. The summed E-state index contributed by atoms with van der Waals surface area (Å²) < 4.78 is 0. The minimum atomic E-state index is -0.184. The Morgan fingerprint density at radius 2 is 1.92 bits per heavy atom. The molecule has 0 fully saturated rings. The van der Waals surface area contributed by atoms with Crippen LogP contribution < -0.4 is 5.19 Å². The van der Waals surface area contributed by atoms with Gasteiger partial charge in [-0.1, -0.05) is 53.4 Å². The third-order valence-electron chi connectivity index (χ3n) is 2.19. The summed E-state index contributed by atoms with van der Waals surface area (Å²) >= 11 is 0. The van der Waals surface area contributed by atoms with E-state index in [0.29, 0.717) is 0 Å². The minimum absolute atomic E-state index is 0.184. The smallest absolute Gasteiger partial charge is 0.0816 e. The topological polar surface area (TPSA) is 0 Å². The molecule has 0 nitrogen and oxygen atoms in total. The Kier molecular flexibility index (Phi) is 3.71. The first-order chi connectivity index (χ1) is 6.26. The van der Waals surface area contributed by atoms with Crippen molar-refractivity contribution >= 4 is 20.8 Å². The number of allylic oxidation sites excluding steroid dienone is 2. The second-order valence-corrected chi connectivity index (χ2v) is 5.54. The van der Waals surface area contributed by atoms with E-state index in [1.165, 1.54) is 10.8 Å². The van der Waals surface area contributed by atoms with Crippen LogP contribution in [0.15, 0.2) is 42.1 Å². The first kappa shape index (κ1) is 10.0. The molecule has 1 heteroatoms. The van der Waals surface area contributed by atoms with Crippen LogP contribution in [-0.4, -0.2) is 9.52 Å². The molecular weight excluding hydrogens is 172 g/mol. The summed E-state index contributed by atoms with van der Waals surface area (Å²) in [5.41, 5.74) is 1.20. The number of hydrogen-bond donors (Lipinski definition) is 0. The molecule has 0 atom stereocenters. The van der Waals surface area contributed by atoms with Gasteiger partial charge in [-0.3, -0.25) is 0 Å². The third-order valence-corrected chi connectivity index (χ3v) is 4.04. The lowest BCUT2D eigenvalue weighted by molar-refractivity contribution is 1.57. The van der Waals surface area contributed by atoms with Gasteiger partial charge in [0.25, 0.3) is 0 Å². The maximum atomic E-state index is 3.74. The Labute approximate surface area is 82.8 Å². The average Bonchev–Trinajstić information content (AvgIpc) is 2.19. The monoisotopic (exact) mass is 188 g/mol. The van der Waals surface area contributed by atoms with Crippen molar-refractivity contribution in [3.8, 4) is 0 Å². The summed E-state index contributed by atoms with van der Waals surface area (Å²) in [6.07, 6.45) is 4.10. The molecule has 0 aliphatic rings. The van der Waals surface area contributed by atoms with Crippen LogP contribution in [-0.2, 0) is 0 Å². The van der Waals surface area contributed by atoms with E-state index in [1.54, 1.807) is 5.20 Å². The molecule has 0 saturated carbocycles. The molecule has 0 spiro atoms. The van der Waals surface area contributed by atoms with Crippen molar-refractivity contribution in [2.24, 2.45) is 0 Å². The van der Waals surface area contributed by atoms with Gasteiger partial charge in [-0.25, -0.2) is 0 Å². The highest BCUT2D eigenvalue weighted by atomic mass is 28.2. The molecule has 0 bridgehead atoms. The van der Waals surface area contributed by atoms with Crippen LogP contribution in [0.25, 0.3) is 6.08 Å². The quantitative estimate of drug-likeness (QED) is 0.637. The Morgan fingerprint density at radius 3 is 2.38 bits per heavy atom. The molecule has 0 unspecified atom stereocenters. The zero-order valence-electron chi connectivity index (χ0n) is 8.38. The molecule has 0 aliphatic carbocycles. The second-order valence-electron chi connectivity index (χ2n) is 3.26. The first-order valence-electron chi connectivity index (χ1n) is 4.59. The molecule has 1 aromatic rings. The fourth-order valence-electron chi connectivity index (χ4n) is 1.20.